The van der Waals surface area contributed by atoms with Crippen molar-refractivity contribution in [1.82, 2.24) is 19.6 Å². The van der Waals surface area contributed by atoms with E-state index in [9.17, 15) is 18.0 Å². The van der Waals surface area contributed by atoms with E-state index in [0.29, 0.717) is 31.1 Å². The number of aromatic nitrogens is 2. The first-order valence-electron chi connectivity index (χ1n) is 12.6. The quantitative estimate of drug-likeness (QED) is 0.443. The molecule has 1 fully saturated rings. The second-order valence-corrected chi connectivity index (χ2v) is 12.5. The van der Waals surface area contributed by atoms with Crippen LogP contribution in [0.25, 0.3) is 5.69 Å². The standard InChI is InChI=1S/C27H34ClN5O5S/c1-19-24(26(35)33(30(19)4)20-9-7-6-8-10-20)31(5)39(36,37)21-11-12-23(28)22(17-21)25(34)29-18-27(2,3)32-13-15-38-16-14-32/h6-12,17H,13-16,18H2,1-5H3,(H,29,34). The summed E-state index contributed by atoms with van der Waals surface area (Å²) >= 11 is 6.33. The molecule has 0 spiro atoms. The van der Waals surface area contributed by atoms with Gasteiger partial charge in [-0.3, -0.25) is 23.5 Å². The Balaban J connectivity index is 1.61. The molecule has 1 aliphatic heterocycles. The van der Waals surface area contributed by atoms with Gasteiger partial charge in [0.25, 0.3) is 21.5 Å². The van der Waals surface area contributed by atoms with Crippen LogP contribution in [0.4, 0.5) is 5.69 Å². The molecule has 0 atom stereocenters. The summed E-state index contributed by atoms with van der Waals surface area (Å²) in [4.78, 5) is 28.6. The number of carbonyl (C=O) groups is 1. The Morgan fingerprint density at radius 3 is 2.41 bits per heavy atom. The molecule has 4 rings (SSSR count). The molecule has 210 valence electrons. The summed E-state index contributed by atoms with van der Waals surface area (Å²) in [6.07, 6.45) is 0. The number of hydrogen-bond donors (Lipinski definition) is 1. The Hall–Kier alpha value is -3.12. The maximum Gasteiger partial charge on any atom is 0.296 e. The third-order valence-corrected chi connectivity index (χ3v) is 9.31. The lowest BCUT2D eigenvalue weighted by molar-refractivity contribution is -0.00923. The molecule has 0 bridgehead atoms. The number of rotatable bonds is 8. The molecule has 12 heteroatoms. The van der Waals surface area contributed by atoms with Crippen molar-refractivity contribution in [1.29, 1.82) is 0 Å². The monoisotopic (exact) mass is 575 g/mol. The molecule has 1 aromatic heterocycles. The van der Waals surface area contributed by atoms with Crippen molar-refractivity contribution in [2.45, 2.75) is 31.2 Å². The smallest absolute Gasteiger partial charge is 0.296 e. The normalized spacial score (nSPS) is 14.8. The average Bonchev–Trinajstić information content (AvgIpc) is 3.15. The van der Waals surface area contributed by atoms with E-state index in [0.717, 1.165) is 17.4 Å². The summed E-state index contributed by atoms with van der Waals surface area (Å²) in [6, 6.07) is 12.9. The first-order valence-corrected chi connectivity index (χ1v) is 14.4. The van der Waals surface area contributed by atoms with Crippen LogP contribution in [0, 0.1) is 6.92 Å². The van der Waals surface area contributed by atoms with Gasteiger partial charge in [0.15, 0.2) is 0 Å². The van der Waals surface area contributed by atoms with E-state index in [1.807, 2.05) is 19.9 Å². The second-order valence-electron chi connectivity index (χ2n) is 10.1. The predicted octanol–water partition coefficient (Wildman–Crippen LogP) is 2.80. The Bertz CT molecular complexity index is 1530. The molecular formula is C27H34ClN5O5S. The molecular weight excluding hydrogens is 542 g/mol. The summed E-state index contributed by atoms with van der Waals surface area (Å²) in [6.45, 7) is 8.85. The van der Waals surface area contributed by atoms with E-state index in [1.54, 1.807) is 42.9 Å². The van der Waals surface area contributed by atoms with Crippen molar-refractivity contribution in [3.63, 3.8) is 0 Å². The van der Waals surface area contributed by atoms with Crippen molar-refractivity contribution >= 4 is 33.2 Å². The number of amides is 1. The number of halogens is 1. The van der Waals surface area contributed by atoms with Crippen molar-refractivity contribution in [3.8, 4) is 5.69 Å². The van der Waals surface area contributed by atoms with Gasteiger partial charge in [-0.05, 0) is 51.1 Å². The number of nitrogens with zero attached hydrogens (tertiary/aromatic N) is 4. The summed E-state index contributed by atoms with van der Waals surface area (Å²) < 4.78 is 36.7. The lowest BCUT2D eigenvalue weighted by atomic mass is 10.0. The third kappa shape index (κ3) is 5.62. The molecule has 39 heavy (non-hydrogen) atoms. The Labute approximate surface area is 233 Å². The minimum Gasteiger partial charge on any atom is -0.379 e. The first-order chi connectivity index (χ1) is 18.4. The Morgan fingerprint density at radius 1 is 1.13 bits per heavy atom. The van der Waals surface area contributed by atoms with Gasteiger partial charge in [-0.1, -0.05) is 29.8 Å². The van der Waals surface area contributed by atoms with Crippen LogP contribution < -0.4 is 15.2 Å². The highest BCUT2D eigenvalue weighted by Gasteiger charge is 2.31. The Kier molecular flexibility index (Phi) is 8.27. The minimum atomic E-state index is -4.21. The highest BCUT2D eigenvalue weighted by atomic mass is 35.5. The van der Waals surface area contributed by atoms with Crippen molar-refractivity contribution in [2.75, 3.05) is 44.2 Å². The van der Waals surface area contributed by atoms with Crippen LogP contribution in [0.15, 0.2) is 58.2 Å². The molecule has 1 saturated heterocycles. The van der Waals surface area contributed by atoms with Crippen molar-refractivity contribution < 1.29 is 17.9 Å². The van der Waals surface area contributed by atoms with Crippen LogP contribution in [0.2, 0.25) is 5.02 Å². The van der Waals surface area contributed by atoms with Gasteiger partial charge < -0.3 is 10.1 Å². The zero-order chi connectivity index (χ0) is 28.5. The Morgan fingerprint density at radius 2 is 1.77 bits per heavy atom. The van der Waals surface area contributed by atoms with Gasteiger partial charge >= 0.3 is 0 Å². The summed E-state index contributed by atoms with van der Waals surface area (Å²) in [5.74, 6) is -0.483. The molecule has 1 aliphatic rings. The molecule has 3 aromatic rings. The van der Waals surface area contributed by atoms with E-state index in [2.05, 4.69) is 10.2 Å². The van der Waals surface area contributed by atoms with Crippen LogP contribution >= 0.6 is 11.6 Å². The molecule has 0 unspecified atom stereocenters. The van der Waals surface area contributed by atoms with Crippen molar-refractivity contribution in [2.24, 2.45) is 7.05 Å². The maximum atomic E-state index is 13.7. The summed E-state index contributed by atoms with van der Waals surface area (Å²) in [7, 11) is -1.19. The molecule has 1 N–H and O–H groups in total. The number of anilines is 1. The second kappa shape index (κ2) is 11.2. The van der Waals surface area contributed by atoms with E-state index in [-0.39, 0.29) is 26.7 Å². The number of carbonyl (C=O) groups excluding carboxylic acids is 1. The molecule has 0 aliphatic carbocycles. The van der Waals surface area contributed by atoms with Crippen LogP contribution in [-0.2, 0) is 21.8 Å². The zero-order valence-electron chi connectivity index (χ0n) is 22.8. The fourth-order valence-electron chi connectivity index (χ4n) is 4.71. The van der Waals surface area contributed by atoms with Gasteiger partial charge in [0.05, 0.1) is 40.1 Å². The maximum absolute atomic E-state index is 13.7. The molecule has 0 radical (unpaired) electrons. The molecule has 2 aromatic carbocycles. The molecule has 2 heterocycles. The van der Waals surface area contributed by atoms with Crippen molar-refractivity contribution in [3.05, 3.63) is 75.2 Å². The van der Waals surface area contributed by atoms with Gasteiger partial charge in [-0.15, -0.1) is 0 Å². The number of benzene rings is 2. The van der Waals surface area contributed by atoms with Gasteiger partial charge in [0, 0.05) is 39.3 Å². The number of nitrogens with one attached hydrogen (secondary N) is 1. The zero-order valence-corrected chi connectivity index (χ0v) is 24.3. The SMILES string of the molecule is Cc1c(N(C)S(=O)(=O)c2ccc(Cl)c(C(=O)NCC(C)(C)N3CCOCC3)c2)c(=O)n(-c2ccccc2)n1C. The number of para-hydroxylation sites is 1. The van der Waals surface area contributed by atoms with Crippen LogP contribution in [-0.4, -0.2) is 74.0 Å². The molecule has 1 amide bonds. The predicted molar refractivity (Wildman–Crippen MR) is 152 cm³/mol. The average molecular weight is 576 g/mol. The van der Waals surface area contributed by atoms with Crippen LogP contribution in [0.3, 0.4) is 0 Å². The number of hydrogen-bond acceptors (Lipinski definition) is 6. The highest BCUT2D eigenvalue weighted by molar-refractivity contribution is 7.92. The van der Waals surface area contributed by atoms with Gasteiger partial charge in [-0.25, -0.2) is 13.1 Å². The third-order valence-electron chi connectivity index (χ3n) is 7.23. The fourth-order valence-corrected chi connectivity index (χ4v) is 6.18. The van der Waals surface area contributed by atoms with E-state index >= 15 is 0 Å². The van der Waals surface area contributed by atoms with Crippen LogP contribution in [0.1, 0.15) is 29.9 Å². The lowest BCUT2D eigenvalue weighted by Crippen LogP contribution is -2.55. The molecule has 10 nitrogen and oxygen atoms in total. The van der Waals surface area contributed by atoms with E-state index in [4.69, 9.17) is 16.3 Å². The topological polar surface area (TPSA) is 106 Å². The van der Waals surface area contributed by atoms with Gasteiger partial charge in [0.2, 0.25) is 0 Å². The van der Waals surface area contributed by atoms with E-state index in [1.165, 1.54) is 29.9 Å². The number of ether oxygens (including phenoxy) is 1. The largest absolute Gasteiger partial charge is 0.379 e. The summed E-state index contributed by atoms with van der Waals surface area (Å²) in [5.41, 5.74) is 0.302. The van der Waals surface area contributed by atoms with Crippen LogP contribution in [0.5, 0.6) is 0 Å². The molecule has 0 saturated carbocycles. The number of morpholine rings is 1. The van der Waals surface area contributed by atoms with E-state index < -0.39 is 21.5 Å². The number of sulfonamides is 1. The lowest BCUT2D eigenvalue weighted by Gasteiger charge is -2.40. The highest BCUT2D eigenvalue weighted by Crippen LogP contribution is 2.27. The minimum absolute atomic E-state index is 0.00886. The van der Waals surface area contributed by atoms with Gasteiger partial charge in [-0.2, -0.15) is 0 Å². The van der Waals surface area contributed by atoms with Gasteiger partial charge in [0.1, 0.15) is 5.69 Å². The fraction of sp³-hybridized carbons (Fsp3) is 0.407. The first kappa shape index (κ1) is 28.9. The summed E-state index contributed by atoms with van der Waals surface area (Å²) in [5, 5.41) is 3.02.